The summed E-state index contributed by atoms with van der Waals surface area (Å²) in [7, 11) is 19.9. The van der Waals surface area contributed by atoms with Gasteiger partial charge in [-0.15, -0.1) is 0 Å². The number of unbranched alkanes of at least 4 members (excludes halogenated alkanes) is 9. The lowest BCUT2D eigenvalue weighted by molar-refractivity contribution is -0.150. The monoisotopic (exact) mass is 857 g/mol. The number of carboxylic acid groups (broad SMARTS) is 4. The summed E-state index contributed by atoms with van der Waals surface area (Å²) < 4.78 is 0. The van der Waals surface area contributed by atoms with Crippen molar-refractivity contribution in [3.63, 3.8) is 0 Å². The Kier molecular flexibility index (Phi) is 29.0. The topological polar surface area (TPSA) is 169 Å². The average Bonchev–Trinajstić information content (AvgIpc) is 4.06. The van der Waals surface area contributed by atoms with Crippen molar-refractivity contribution in [1.82, 2.24) is 0 Å². The number of carboxylic acids is 4. The molecule has 342 valence electrons. The highest BCUT2D eigenvalue weighted by Gasteiger charge is 2.43. The molecule has 0 spiro atoms. The van der Waals surface area contributed by atoms with Crippen LogP contribution in [0.4, 0.5) is 0 Å². The van der Waals surface area contributed by atoms with Crippen LogP contribution < -0.4 is 0 Å². The van der Waals surface area contributed by atoms with Crippen LogP contribution in [0.25, 0.3) is 0 Å². The van der Waals surface area contributed by atoms with Crippen molar-refractivity contribution in [2.24, 2.45) is 21.7 Å². The SMILES string of the molecule is C.O=C(O)C1(CCCCC=CCCCCCC2(C(=O)O)CCCC2)CCCC1.O=C(O)C1(CCCCCC(O)CCCCCC2(C(=O)O)CCCC2)CCCC1.[B]B([B])B([B])[B]. The first-order chi connectivity index (χ1) is 29.1. The summed E-state index contributed by atoms with van der Waals surface area (Å²) >= 11 is 0. The maximum atomic E-state index is 11.5. The number of aliphatic hydroxyl groups excluding tert-OH is 1. The molecule has 0 amide bonds. The van der Waals surface area contributed by atoms with Crippen LogP contribution in [-0.4, -0.2) is 99.2 Å². The summed E-state index contributed by atoms with van der Waals surface area (Å²) in [4.78, 5) is 46.1. The molecule has 0 heterocycles. The average molecular weight is 856 g/mol. The molecule has 0 saturated heterocycles. The van der Waals surface area contributed by atoms with Gasteiger partial charge in [0.15, 0.2) is 0 Å². The van der Waals surface area contributed by atoms with E-state index < -0.39 is 58.3 Å². The van der Waals surface area contributed by atoms with Gasteiger partial charge >= 0.3 is 23.9 Å². The smallest absolute Gasteiger partial charge is 0.309 e. The minimum atomic E-state index is -0.618. The summed E-state index contributed by atoms with van der Waals surface area (Å²) in [5, 5.41) is 48.1. The van der Waals surface area contributed by atoms with E-state index in [1.165, 1.54) is 0 Å². The maximum absolute atomic E-state index is 11.5. The van der Waals surface area contributed by atoms with Crippen molar-refractivity contribution >= 4 is 67.6 Å². The van der Waals surface area contributed by atoms with Gasteiger partial charge in [-0.2, -0.15) is 0 Å². The molecular weight excluding hydrogens is 773 g/mol. The van der Waals surface area contributed by atoms with E-state index in [-0.39, 0.29) is 13.5 Å². The normalized spacial score (nSPS) is 19.2. The second-order valence-electron chi connectivity index (χ2n) is 19.5. The predicted octanol–water partition coefficient (Wildman–Crippen LogP) is 10.2. The third kappa shape index (κ3) is 20.4. The van der Waals surface area contributed by atoms with Gasteiger partial charge in [0, 0.05) is 43.7 Å². The van der Waals surface area contributed by atoms with E-state index in [0.717, 1.165) is 225 Å². The molecule has 0 atom stereocenters. The molecule has 62 heavy (non-hydrogen) atoms. The molecule has 5 N–H and O–H groups in total. The Bertz CT molecular complexity index is 1240. The Labute approximate surface area is 383 Å². The first-order valence-corrected chi connectivity index (χ1v) is 24.3. The van der Waals surface area contributed by atoms with Gasteiger partial charge in [0.05, 0.1) is 27.8 Å². The van der Waals surface area contributed by atoms with E-state index in [1.807, 2.05) is 0 Å². The van der Waals surface area contributed by atoms with E-state index in [2.05, 4.69) is 12.2 Å². The number of allylic oxidation sites excluding steroid dienone is 2. The molecule has 8 radical (unpaired) electrons. The summed E-state index contributed by atoms with van der Waals surface area (Å²) in [6.45, 7) is 0. The zero-order valence-corrected chi connectivity index (χ0v) is 37.8. The van der Waals surface area contributed by atoms with Crippen LogP contribution in [-0.2, 0) is 19.2 Å². The molecule has 0 aromatic rings. The van der Waals surface area contributed by atoms with E-state index in [9.17, 15) is 44.7 Å². The van der Waals surface area contributed by atoms with E-state index >= 15 is 0 Å². The molecule has 4 aliphatic rings. The summed E-state index contributed by atoms with van der Waals surface area (Å²) in [6, 6.07) is 0. The zero-order valence-electron chi connectivity index (χ0n) is 37.8. The standard InChI is InChI=1S/C23H40O5.C23H38O4.CH4.B6/c24-19(11-3-1-5-13-22(20(25)26)15-7-8-16-22)12-4-2-6-14-23(21(27)28)17-9-10-18-23;24-20(25)22(16-10-11-17-22)14-8-6-4-2-1-3-5-7-9-15-23(21(26)27)18-12-13-19-23;;1-5(2)6(3)4/h19,24H,1-18H2,(H,25,26)(H,27,28);1-2H,3-19H2,(H,24,25)(H,26,27);1H4;. The molecule has 4 aliphatic carbocycles. The Morgan fingerprint density at radius 3 is 0.887 bits per heavy atom. The molecule has 4 rings (SSSR count). The van der Waals surface area contributed by atoms with Crippen LogP contribution in [0.2, 0.25) is 0 Å². The molecular formula is C47H82B6O9. The molecule has 4 saturated carbocycles. The van der Waals surface area contributed by atoms with Gasteiger partial charge in [-0.05, 0) is 116 Å². The molecule has 0 aromatic heterocycles. The van der Waals surface area contributed by atoms with Crippen LogP contribution in [0.5, 0.6) is 0 Å². The lowest BCUT2D eigenvalue weighted by atomic mass is 8.81. The molecule has 0 bridgehead atoms. The number of hydrogen-bond donors (Lipinski definition) is 5. The first kappa shape index (κ1) is 58.0. The van der Waals surface area contributed by atoms with Gasteiger partial charge in [-0.1, -0.05) is 129 Å². The van der Waals surface area contributed by atoms with Crippen molar-refractivity contribution in [2.75, 3.05) is 0 Å². The molecule has 0 aliphatic heterocycles. The van der Waals surface area contributed by atoms with Gasteiger partial charge in [-0.3, -0.25) is 19.2 Å². The maximum Gasteiger partial charge on any atom is 0.309 e. The Balaban J connectivity index is 0.000000540. The fourth-order valence-corrected chi connectivity index (χ4v) is 10.5. The van der Waals surface area contributed by atoms with Crippen molar-refractivity contribution in [3.05, 3.63) is 12.2 Å². The number of hydrogen-bond acceptors (Lipinski definition) is 5. The van der Waals surface area contributed by atoms with Crippen LogP contribution >= 0.6 is 0 Å². The fourth-order valence-electron chi connectivity index (χ4n) is 10.5. The van der Waals surface area contributed by atoms with Crippen LogP contribution in [0.15, 0.2) is 12.2 Å². The van der Waals surface area contributed by atoms with Crippen LogP contribution in [0.3, 0.4) is 0 Å². The Morgan fingerprint density at radius 2 is 0.645 bits per heavy atom. The Morgan fingerprint density at radius 1 is 0.419 bits per heavy atom. The van der Waals surface area contributed by atoms with Gasteiger partial charge < -0.3 is 25.5 Å². The highest BCUT2D eigenvalue weighted by molar-refractivity contribution is 7.76. The zero-order chi connectivity index (χ0) is 45.2. The number of rotatable bonds is 28. The third-order valence-electron chi connectivity index (χ3n) is 14.9. The summed E-state index contributed by atoms with van der Waals surface area (Å²) in [5.41, 5.74) is -1.77. The van der Waals surface area contributed by atoms with Crippen LogP contribution in [0, 0.1) is 21.7 Å². The van der Waals surface area contributed by atoms with E-state index in [4.69, 9.17) is 30.9 Å². The number of aliphatic hydroxyl groups is 1. The lowest BCUT2D eigenvalue weighted by Crippen LogP contribution is -2.38. The van der Waals surface area contributed by atoms with Crippen molar-refractivity contribution in [2.45, 2.75) is 238 Å². The molecule has 4 fully saturated rings. The van der Waals surface area contributed by atoms with Gasteiger partial charge in [0.1, 0.15) is 0 Å². The van der Waals surface area contributed by atoms with Crippen molar-refractivity contribution in [1.29, 1.82) is 0 Å². The molecule has 15 heteroatoms. The number of carbonyl (C=O) groups is 4. The Hall–Kier alpha value is -2.03. The molecule has 0 aromatic carbocycles. The quantitative estimate of drug-likeness (QED) is 0.0292. The minimum Gasteiger partial charge on any atom is -0.481 e. The summed E-state index contributed by atoms with van der Waals surface area (Å²) in [5.74, 6) is -2.40. The second-order valence-corrected chi connectivity index (χ2v) is 19.5. The van der Waals surface area contributed by atoms with Crippen LogP contribution in [0.1, 0.15) is 232 Å². The highest BCUT2D eigenvalue weighted by atomic mass is 16.4. The largest absolute Gasteiger partial charge is 0.481 e. The predicted molar refractivity (Wildman–Crippen MR) is 258 cm³/mol. The second kappa shape index (κ2) is 31.0. The molecule has 9 nitrogen and oxygen atoms in total. The lowest BCUT2D eigenvalue weighted by Gasteiger charge is -2.23. The molecule has 0 unspecified atom stereocenters. The third-order valence-corrected chi connectivity index (χ3v) is 14.9. The van der Waals surface area contributed by atoms with Gasteiger partial charge in [-0.25, -0.2) is 0 Å². The van der Waals surface area contributed by atoms with Gasteiger partial charge in [0.25, 0.3) is 0 Å². The summed E-state index contributed by atoms with van der Waals surface area (Å²) in [6.07, 6.45) is 36.3. The first-order valence-electron chi connectivity index (χ1n) is 24.3. The van der Waals surface area contributed by atoms with Crippen molar-refractivity contribution in [3.8, 4) is 0 Å². The van der Waals surface area contributed by atoms with Crippen molar-refractivity contribution < 1.29 is 44.7 Å². The van der Waals surface area contributed by atoms with E-state index in [1.54, 1.807) is 0 Å². The highest BCUT2D eigenvalue weighted by Crippen LogP contribution is 2.45. The number of aliphatic carboxylic acids is 4. The fraction of sp³-hybridized carbons (Fsp3) is 0.872. The van der Waals surface area contributed by atoms with Gasteiger partial charge in [0.2, 0.25) is 0 Å². The minimum absolute atomic E-state index is 0. The van der Waals surface area contributed by atoms with E-state index in [0.29, 0.717) is 0 Å².